The third-order valence-corrected chi connectivity index (χ3v) is 3.88. The molecule has 21 heavy (non-hydrogen) atoms. The van der Waals surface area contributed by atoms with Gasteiger partial charge in [0.1, 0.15) is 0 Å². The van der Waals surface area contributed by atoms with E-state index in [-0.39, 0.29) is 17.9 Å². The predicted molar refractivity (Wildman–Crippen MR) is 74.9 cm³/mol. The highest BCUT2D eigenvalue weighted by Crippen LogP contribution is 2.34. The van der Waals surface area contributed by atoms with Crippen LogP contribution in [0.25, 0.3) is 0 Å². The number of halogens is 2. The number of rotatable bonds is 5. The number of alkyl halides is 2. The van der Waals surface area contributed by atoms with Crippen molar-refractivity contribution in [2.75, 3.05) is 20.3 Å². The van der Waals surface area contributed by atoms with Gasteiger partial charge >= 0.3 is 6.61 Å². The molecular formula is C15H21F2NO3. The molecular weight excluding hydrogens is 280 g/mol. The lowest BCUT2D eigenvalue weighted by Crippen LogP contribution is -2.47. The molecule has 0 unspecified atom stereocenters. The van der Waals surface area contributed by atoms with E-state index in [1.807, 2.05) is 6.92 Å². The van der Waals surface area contributed by atoms with Crippen LogP contribution in [0.3, 0.4) is 0 Å². The summed E-state index contributed by atoms with van der Waals surface area (Å²) in [4.78, 5) is 2.20. The monoisotopic (exact) mass is 301 g/mol. The van der Waals surface area contributed by atoms with Crippen molar-refractivity contribution in [3.8, 4) is 11.5 Å². The molecule has 118 valence electrons. The molecule has 0 spiro atoms. The van der Waals surface area contributed by atoms with Crippen LogP contribution in [0.5, 0.6) is 11.5 Å². The molecule has 1 aliphatic rings. The van der Waals surface area contributed by atoms with Gasteiger partial charge in [-0.1, -0.05) is 12.1 Å². The van der Waals surface area contributed by atoms with E-state index in [4.69, 9.17) is 9.47 Å². The number of ether oxygens (including phenoxy) is 3. The van der Waals surface area contributed by atoms with E-state index in [0.717, 1.165) is 6.54 Å². The second kappa shape index (κ2) is 7.04. The van der Waals surface area contributed by atoms with E-state index >= 15 is 0 Å². The van der Waals surface area contributed by atoms with Gasteiger partial charge in [-0.25, -0.2) is 0 Å². The summed E-state index contributed by atoms with van der Waals surface area (Å²) in [5, 5.41) is 0. The third-order valence-electron chi connectivity index (χ3n) is 3.88. The minimum Gasteiger partial charge on any atom is -0.493 e. The number of benzene rings is 1. The maximum atomic E-state index is 12.6. The van der Waals surface area contributed by atoms with Gasteiger partial charge in [0.15, 0.2) is 11.5 Å². The zero-order valence-corrected chi connectivity index (χ0v) is 12.5. The Morgan fingerprint density at radius 3 is 2.81 bits per heavy atom. The van der Waals surface area contributed by atoms with Crippen molar-refractivity contribution in [3.05, 3.63) is 23.8 Å². The Labute approximate surface area is 123 Å². The molecule has 0 N–H and O–H groups in total. The standard InChI is InChI=1S/C15H21F2NO3/c1-10-11(2)20-8-7-18(10)9-12-5-4-6-13(19-3)14(12)21-15(16)17/h4-6,10-11,15H,7-9H2,1-3H3/t10-,11+/m0/s1. The summed E-state index contributed by atoms with van der Waals surface area (Å²) >= 11 is 0. The molecule has 1 saturated heterocycles. The minimum atomic E-state index is -2.87. The van der Waals surface area contributed by atoms with Crippen molar-refractivity contribution in [1.82, 2.24) is 4.90 Å². The van der Waals surface area contributed by atoms with Crippen LogP contribution < -0.4 is 9.47 Å². The van der Waals surface area contributed by atoms with Gasteiger partial charge < -0.3 is 14.2 Å². The molecule has 1 aromatic carbocycles. The molecule has 1 aromatic rings. The number of morpholine rings is 1. The van der Waals surface area contributed by atoms with E-state index in [0.29, 0.717) is 24.5 Å². The highest BCUT2D eigenvalue weighted by molar-refractivity contribution is 5.46. The highest BCUT2D eigenvalue weighted by Gasteiger charge is 2.27. The van der Waals surface area contributed by atoms with Crippen molar-refractivity contribution < 1.29 is 23.0 Å². The van der Waals surface area contributed by atoms with Gasteiger partial charge in [-0.05, 0) is 19.9 Å². The molecule has 6 heteroatoms. The molecule has 0 bridgehead atoms. The Balaban J connectivity index is 2.22. The number of hydrogen-bond donors (Lipinski definition) is 0. The largest absolute Gasteiger partial charge is 0.493 e. The van der Waals surface area contributed by atoms with E-state index in [9.17, 15) is 8.78 Å². The normalized spacial score (nSPS) is 23.3. The van der Waals surface area contributed by atoms with E-state index in [1.165, 1.54) is 7.11 Å². The number of nitrogens with zero attached hydrogens (tertiary/aromatic N) is 1. The fourth-order valence-corrected chi connectivity index (χ4v) is 2.51. The first-order valence-corrected chi connectivity index (χ1v) is 6.99. The van der Waals surface area contributed by atoms with Gasteiger partial charge in [0, 0.05) is 24.7 Å². The van der Waals surface area contributed by atoms with Gasteiger partial charge in [0.05, 0.1) is 19.8 Å². The van der Waals surface area contributed by atoms with Crippen LogP contribution in [0.1, 0.15) is 19.4 Å². The second-order valence-electron chi connectivity index (χ2n) is 5.11. The maximum Gasteiger partial charge on any atom is 0.387 e. The lowest BCUT2D eigenvalue weighted by Gasteiger charge is -2.38. The number of methoxy groups -OCH3 is 1. The highest BCUT2D eigenvalue weighted by atomic mass is 19.3. The third kappa shape index (κ3) is 3.83. The average Bonchev–Trinajstić information content (AvgIpc) is 2.45. The Hall–Kier alpha value is -1.40. The molecule has 0 saturated carbocycles. The quantitative estimate of drug-likeness (QED) is 0.837. The van der Waals surface area contributed by atoms with Crippen LogP contribution >= 0.6 is 0 Å². The van der Waals surface area contributed by atoms with Crippen molar-refractivity contribution in [2.45, 2.75) is 39.1 Å². The second-order valence-corrected chi connectivity index (χ2v) is 5.11. The zero-order valence-electron chi connectivity index (χ0n) is 12.5. The van der Waals surface area contributed by atoms with E-state index in [1.54, 1.807) is 18.2 Å². The fraction of sp³-hybridized carbons (Fsp3) is 0.600. The lowest BCUT2D eigenvalue weighted by atomic mass is 10.1. The van der Waals surface area contributed by atoms with Gasteiger partial charge in [-0.3, -0.25) is 4.90 Å². The lowest BCUT2D eigenvalue weighted by molar-refractivity contribution is -0.0629. The van der Waals surface area contributed by atoms with Crippen molar-refractivity contribution >= 4 is 0 Å². The topological polar surface area (TPSA) is 30.9 Å². The summed E-state index contributed by atoms with van der Waals surface area (Å²) in [6.07, 6.45) is 0.115. The van der Waals surface area contributed by atoms with Gasteiger partial charge in [0.2, 0.25) is 0 Å². The molecule has 0 aromatic heterocycles. The summed E-state index contributed by atoms with van der Waals surface area (Å²) in [7, 11) is 1.44. The summed E-state index contributed by atoms with van der Waals surface area (Å²) in [6, 6.07) is 5.39. The fourth-order valence-electron chi connectivity index (χ4n) is 2.51. The summed E-state index contributed by atoms with van der Waals surface area (Å²) in [6.45, 7) is 3.13. The summed E-state index contributed by atoms with van der Waals surface area (Å²) in [5.74, 6) is 0.433. The summed E-state index contributed by atoms with van der Waals surface area (Å²) < 4.78 is 40.6. The Morgan fingerprint density at radius 1 is 1.38 bits per heavy atom. The Kier molecular flexibility index (Phi) is 5.36. The van der Waals surface area contributed by atoms with Crippen LogP contribution in [-0.4, -0.2) is 43.9 Å². The molecule has 4 nitrogen and oxygen atoms in total. The average molecular weight is 301 g/mol. The smallest absolute Gasteiger partial charge is 0.387 e. The maximum absolute atomic E-state index is 12.6. The minimum absolute atomic E-state index is 0.112. The SMILES string of the molecule is COc1cccc(CN2CCO[C@H](C)[C@@H]2C)c1OC(F)F. The van der Waals surface area contributed by atoms with Crippen molar-refractivity contribution in [2.24, 2.45) is 0 Å². The van der Waals surface area contributed by atoms with Crippen LogP contribution in [0, 0.1) is 0 Å². The van der Waals surface area contributed by atoms with Crippen LogP contribution in [0.15, 0.2) is 18.2 Å². The molecule has 0 aliphatic carbocycles. The molecule has 1 aliphatic heterocycles. The molecule has 0 amide bonds. The molecule has 0 radical (unpaired) electrons. The molecule has 1 heterocycles. The Morgan fingerprint density at radius 2 is 2.14 bits per heavy atom. The van der Waals surface area contributed by atoms with Crippen molar-refractivity contribution in [1.29, 1.82) is 0 Å². The van der Waals surface area contributed by atoms with Gasteiger partial charge in [-0.2, -0.15) is 8.78 Å². The first-order chi connectivity index (χ1) is 10.0. The predicted octanol–water partition coefficient (Wildman–Crippen LogP) is 2.91. The first-order valence-electron chi connectivity index (χ1n) is 6.99. The number of hydrogen-bond acceptors (Lipinski definition) is 4. The molecule has 2 atom stereocenters. The van der Waals surface area contributed by atoms with Gasteiger partial charge in [-0.15, -0.1) is 0 Å². The van der Waals surface area contributed by atoms with E-state index < -0.39 is 6.61 Å². The first kappa shape index (κ1) is 16.0. The van der Waals surface area contributed by atoms with Crippen molar-refractivity contribution in [3.63, 3.8) is 0 Å². The molecule has 1 fully saturated rings. The van der Waals surface area contributed by atoms with Gasteiger partial charge in [0.25, 0.3) is 0 Å². The molecule has 2 rings (SSSR count). The van der Waals surface area contributed by atoms with Crippen LogP contribution in [0.4, 0.5) is 8.78 Å². The van der Waals surface area contributed by atoms with E-state index in [2.05, 4.69) is 16.6 Å². The Bertz CT molecular complexity index is 470. The van der Waals surface area contributed by atoms with Crippen LogP contribution in [0.2, 0.25) is 0 Å². The van der Waals surface area contributed by atoms with Crippen LogP contribution in [-0.2, 0) is 11.3 Å². The zero-order chi connectivity index (χ0) is 15.4. The summed E-state index contributed by atoms with van der Waals surface area (Å²) in [5.41, 5.74) is 0.690. The number of para-hydroxylation sites is 1.